The molecule has 0 radical (unpaired) electrons. The number of benzene rings is 3. The van der Waals surface area contributed by atoms with E-state index in [1.165, 1.54) is 30.3 Å². The fraction of sp³-hybridized carbons (Fsp3) is 0.154. The van der Waals surface area contributed by atoms with Gasteiger partial charge in [0.1, 0.15) is 28.9 Å². The number of nitrogens with two attached hydrogens (primary N) is 1. The third-order valence-corrected chi connectivity index (χ3v) is 5.41. The van der Waals surface area contributed by atoms with Crippen LogP contribution in [0.25, 0.3) is 0 Å². The van der Waals surface area contributed by atoms with Gasteiger partial charge >= 0.3 is 5.97 Å². The quantitative estimate of drug-likeness (QED) is 0.224. The number of nitro benzene ring substituents is 1. The van der Waals surface area contributed by atoms with Crippen molar-refractivity contribution < 1.29 is 23.9 Å². The standard InChI is InChI=1S/C26H21N3O6/c1-2-13-33-22-6-4-3-5-19(22)24-20-12-11-18(14-23(20)35-25(28)21(24)15-27)34-26(30)16-7-9-17(10-8-16)29(31)32/h3-12,14,24H,2,13,28H2,1H3. The number of hydrogen-bond acceptors (Lipinski definition) is 8. The van der Waals surface area contributed by atoms with Gasteiger partial charge in [0.25, 0.3) is 5.69 Å². The number of nitriles is 1. The number of carbonyl (C=O) groups excluding carboxylic acids is 1. The number of nitrogens with zero attached hydrogens (tertiary/aromatic N) is 2. The molecule has 0 aliphatic carbocycles. The number of rotatable bonds is 7. The number of para-hydroxylation sites is 1. The molecule has 0 bridgehead atoms. The molecule has 1 aliphatic heterocycles. The topological polar surface area (TPSA) is 138 Å². The van der Waals surface area contributed by atoms with Crippen LogP contribution in [0.3, 0.4) is 0 Å². The average molecular weight is 471 g/mol. The second kappa shape index (κ2) is 9.97. The van der Waals surface area contributed by atoms with E-state index in [0.717, 1.165) is 12.0 Å². The summed E-state index contributed by atoms with van der Waals surface area (Å²) in [5.41, 5.74) is 7.80. The minimum atomic E-state index is -0.688. The van der Waals surface area contributed by atoms with E-state index in [1.54, 1.807) is 12.1 Å². The van der Waals surface area contributed by atoms with Crippen molar-refractivity contribution in [3.05, 3.63) is 105 Å². The van der Waals surface area contributed by atoms with Crippen molar-refractivity contribution in [2.45, 2.75) is 19.3 Å². The van der Waals surface area contributed by atoms with Gasteiger partial charge in [-0.05, 0) is 30.7 Å². The second-order valence-electron chi connectivity index (χ2n) is 7.70. The van der Waals surface area contributed by atoms with Crippen LogP contribution in [0.4, 0.5) is 5.69 Å². The number of allylic oxidation sites excluding steroid dienone is 1. The predicted molar refractivity (Wildman–Crippen MR) is 126 cm³/mol. The molecule has 1 aliphatic rings. The zero-order valence-electron chi connectivity index (χ0n) is 18.8. The number of non-ortho nitro benzene ring substituents is 1. The molecule has 2 N–H and O–H groups in total. The van der Waals surface area contributed by atoms with Crippen LogP contribution in [0.5, 0.6) is 17.2 Å². The highest BCUT2D eigenvalue weighted by Crippen LogP contribution is 2.45. The van der Waals surface area contributed by atoms with E-state index in [1.807, 2.05) is 31.2 Å². The molecule has 1 unspecified atom stereocenters. The first-order valence-corrected chi connectivity index (χ1v) is 10.8. The van der Waals surface area contributed by atoms with Crippen molar-refractivity contribution in [2.75, 3.05) is 6.61 Å². The van der Waals surface area contributed by atoms with Crippen molar-refractivity contribution >= 4 is 11.7 Å². The molecule has 9 heteroatoms. The Labute approximate surface area is 201 Å². The van der Waals surface area contributed by atoms with Crippen LogP contribution in [0.15, 0.2) is 78.2 Å². The van der Waals surface area contributed by atoms with Gasteiger partial charge in [0.15, 0.2) is 0 Å². The van der Waals surface area contributed by atoms with Crippen molar-refractivity contribution in [2.24, 2.45) is 5.73 Å². The zero-order chi connectivity index (χ0) is 24.9. The first-order valence-electron chi connectivity index (χ1n) is 10.8. The SMILES string of the molecule is CCCOc1ccccc1C1C(C#N)=C(N)Oc2cc(OC(=O)c3ccc([N+](=O)[O-])cc3)ccc21. The lowest BCUT2D eigenvalue weighted by atomic mass is 9.83. The number of hydrogen-bond donors (Lipinski definition) is 1. The molecule has 0 fully saturated rings. The summed E-state index contributed by atoms with van der Waals surface area (Å²) >= 11 is 0. The van der Waals surface area contributed by atoms with Crippen molar-refractivity contribution in [3.63, 3.8) is 0 Å². The Morgan fingerprint density at radius 1 is 1.14 bits per heavy atom. The van der Waals surface area contributed by atoms with E-state index < -0.39 is 16.8 Å². The van der Waals surface area contributed by atoms with Crippen LogP contribution in [-0.4, -0.2) is 17.5 Å². The minimum Gasteiger partial charge on any atom is -0.493 e. The molecule has 1 atom stereocenters. The lowest BCUT2D eigenvalue weighted by Crippen LogP contribution is -2.21. The van der Waals surface area contributed by atoms with Gasteiger partial charge in [-0.2, -0.15) is 5.26 Å². The number of esters is 1. The van der Waals surface area contributed by atoms with E-state index in [0.29, 0.717) is 23.7 Å². The Bertz CT molecular complexity index is 1360. The summed E-state index contributed by atoms with van der Waals surface area (Å²) in [4.78, 5) is 22.8. The fourth-order valence-electron chi connectivity index (χ4n) is 3.77. The molecule has 4 rings (SSSR count). The highest BCUT2D eigenvalue weighted by Gasteiger charge is 2.33. The summed E-state index contributed by atoms with van der Waals surface area (Å²) in [5.74, 6) is -0.0982. The Kier molecular flexibility index (Phi) is 6.64. The Balaban J connectivity index is 1.66. The third kappa shape index (κ3) is 4.77. The van der Waals surface area contributed by atoms with Gasteiger partial charge < -0.3 is 19.9 Å². The summed E-state index contributed by atoms with van der Waals surface area (Å²) in [5, 5.41) is 20.6. The van der Waals surface area contributed by atoms with Gasteiger partial charge in [0.05, 0.1) is 23.0 Å². The molecule has 0 spiro atoms. The fourth-order valence-corrected chi connectivity index (χ4v) is 3.77. The van der Waals surface area contributed by atoms with Gasteiger partial charge in [-0.15, -0.1) is 0 Å². The van der Waals surface area contributed by atoms with Crippen LogP contribution in [0, 0.1) is 21.4 Å². The van der Waals surface area contributed by atoms with E-state index in [9.17, 15) is 20.2 Å². The predicted octanol–water partition coefficient (Wildman–Crippen LogP) is 4.82. The molecule has 1 heterocycles. The molecular formula is C26H21N3O6. The van der Waals surface area contributed by atoms with Gasteiger partial charge in [-0.1, -0.05) is 31.2 Å². The maximum absolute atomic E-state index is 12.5. The van der Waals surface area contributed by atoms with Crippen LogP contribution < -0.4 is 19.9 Å². The van der Waals surface area contributed by atoms with Crippen molar-refractivity contribution in [3.8, 4) is 23.3 Å². The van der Waals surface area contributed by atoms with Crippen LogP contribution >= 0.6 is 0 Å². The lowest BCUT2D eigenvalue weighted by molar-refractivity contribution is -0.384. The second-order valence-corrected chi connectivity index (χ2v) is 7.70. The van der Waals surface area contributed by atoms with Gasteiger partial charge in [-0.3, -0.25) is 10.1 Å². The molecule has 0 saturated carbocycles. The summed E-state index contributed by atoms with van der Waals surface area (Å²) in [6.07, 6.45) is 0.825. The number of ether oxygens (including phenoxy) is 3. The Morgan fingerprint density at radius 2 is 1.89 bits per heavy atom. The smallest absolute Gasteiger partial charge is 0.343 e. The summed E-state index contributed by atoms with van der Waals surface area (Å²) in [6.45, 7) is 2.52. The van der Waals surface area contributed by atoms with Crippen LogP contribution in [0.1, 0.15) is 40.7 Å². The lowest BCUT2D eigenvalue weighted by Gasteiger charge is -2.28. The molecule has 176 valence electrons. The third-order valence-electron chi connectivity index (χ3n) is 5.41. The molecule has 35 heavy (non-hydrogen) atoms. The van der Waals surface area contributed by atoms with Crippen molar-refractivity contribution in [1.82, 2.24) is 0 Å². The molecule has 0 saturated heterocycles. The number of nitro groups is 1. The summed E-state index contributed by atoms with van der Waals surface area (Å²) < 4.78 is 17.0. The molecular weight excluding hydrogens is 450 g/mol. The Hall–Kier alpha value is -4.84. The van der Waals surface area contributed by atoms with E-state index in [4.69, 9.17) is 19.9 Å². The molecule has 3 aromatic rings. The first-order chi connectivity index (χ1) is 16.9. The number of carbonyl (C=O) groups is 1. The minimum absolute atomic E-state index is 0.0471. The monoisotopic (exact) mass is 471 g/mol. The highest BCUT2D eigenvalue weighted by molar-refractivity contribution is 5.91. The zero-order valence-corrected chi connectivity index (χ0v) is 18.8. The largest absolute Gasteiger partial charge is 0.493 e. The summed E-state index contributed by atoms with van der Waals surface area (Å²) in [6, 6.07) is 19.5. The highest BCUT2D eigenvalue weighted by atomic mass is 16.6. The molecule has 3 aromatic carbocycles. The average Bonchev–Trinajstić information content (AvgIpc) is 2.86. The van der Waals surface area contributed by atoms with Gasteiger partial charge in [-0.25, -0.2) is 4.79 Å². The molecule has 9 nitrogen and oxygen atoms in total. The van der Waals surface area contributed by atoms with Crippen molar-refractivity contribution in [1.29, 1.82) is 5.26 Å². The molecule has 0 amide bonds. The maximum Gasteiger partial charge on any atom is 0.343 e. The van der Waals surface area contributed by atoms with Crippen LogP contribution in [-0.2, 0) is 0 Å². The molecule has 0 aromatic heterocycles. The normalized spacial score (nSPS) is 14.3. The van der Waals surface area contributed by atoms with E-state index in [-0.39, 0.29) is 28.5 Å². The summed E-state index contributed by atoms with van der Waals surface area (Å²) in [7, 11) is 0. The van der Waals surface area contributed by atoms with E-state index in [2.05, 4.69) is 6.07 Å². The van der Waals surface area contributed by atoms with Crippen LogP contribution in [0.2, 0.25) is 0 Å². The van der Waals surface area contributed by atoms with Gasteiger partial charge in [0.2, 0.25) is 5.88 Å². The Morgan fingerprint density at radius 3 is 2.57 bits per heavy atom. The van der Waals surface area contributed by atoms with Gasteiger partial charge in [0, 0.05) is 29.3 Å². The number of fused-ring (bicyclic) bond motifs is 1. The maximum atomic E-state index is 12.5. The first kappa shape index (κ1) is 23.3. The van der Waals surface area contributed by atoms with E-state index >= 15 is 0 Å².